The summed E-state index contributed by atoms with van der Waals surface area (Å²) in [6, 6.07) is 8.12. The average molecular weight is 373 g/mol. The second-order valence-corrected chi connectivity index (χ2v) is 6.28. The standard InChI is InChI=1S/C18H19N3O6/c1-12-3-5-14(15(9-12)21(23)24)16-6-4-13(27-16)11-19-20-17(22)10-18(2)25-7-8-26-18/h3-6,9,11H,7-8,10H2,1-2H3,(H,20,22)/b19-11+. The van der Waals surface area contributed by atoms with Gasteiger partial charge in [0.2, 0.25) is 5.91 Å². The number of amides is 1. The van der Waals surface area contributed by atoms with Crippen LogP contribution < -0.4 is 5.43 Å². The molecule has 1 fully saturated rings. The summed E-state index contributed by atoms with van der Waals surface area (Å²) in [6.45, 7) is 4.37. The normalized spacial score (nSPS) is 15.9. The molecule has 3 rings (SSSR count). The smallest absolute Gasteiger partial charge is 0.280 e. The number of rotatable bonds is 6. The Bertz CT molecular complexity index is 883. The number of nitro groups is 1. The number of benzene rings is 1. The summed E-state index contributed by atoms with van der Waals surface area (Å²) in [4.78, 5) is 22.7. The van der Waals surface area contributed by atoms with Crippen molar-refractivity contribution < 1.29 is 23.6 Å². The maximum absolute atomic E-state index is 11.9. The first-order valence-electron chi connectivity index (χ1n) is 8.31. The number of hydrogen-bond donors (Lipinski definition) is 1. The fourth-order valence-electron chi connectivity index (χ4n) is 2.73. The number of furan rings is 1. The lowest BCUT2D eigenvalue weighted by Crippen LogP contribution is -2.33. The molecule has 0 saturated carbocycles. The van der Waals surface area contributed by atoms with Gasteiger partial charge in [-0.1, -0.05) is 6.07 Å². The van der Waals surface area contributed by atoms with Crippen LogP contribution in [0.2, 0.25) is 0 Å². The molecular formula is C18H19N3O6. The number of nitrogens with one attached hydrogen (secondary N) is 1. The van der Waals surface area contributed by atoms with Gasteiger partial charge in [0, 0.05) is 6.07 Å². The molecule has 0 unspecified atom stereocenters. The Morgan fingerprint density at radius 2 is 2.07 bits per heavy atom. The third kappa shape index (κ3) is 4.57. The first-order chi connectivity index (χ1) is 12.9. The van der Waals surface area contributed by atoms with Crippen molar-refractivity contribution in [3.8, 4) is 11.3 Å². The summed E-state index contributed by atoms with van der Waals surface area (Å²) < 4.78 is 16.3. The van der Waals surface area contributed by atoms with Crippen LogP contribution in [0.25, 0.3) is 11.3 Å². The largest absolute Gasteiger partial charge is 0.455 e. The van der Waals surface area contributed by atoms with Gasteiger partial charge in [-0.2, -0.15) is 5.10 Å². The minimum atomic E-state index is -0.929. The van der Waals surface area contributed by atoms with E-state index in [0.29, 0.717) is 30.3 Å². The Morgan fingerprint density at radius 1 is 1.33 bits per heavy atom. The van der Waals surface area contributed by atoms with E-state index >= 15 is 0 Å². The van der Waals surface area contributed by atoms with Gasteiger partial charge < -0.3 is 13.9 Å². The van der Waals surface area contributed by atoms with Gasteiger partial charge in [0.25, 0.3) is 5.69 Å². The van der Waals surface area contributed by atoms with Crippen LogP contribution in [0.1, 0.15) is 24.7 Å². The van der Waals surface area contributed by atoms with Crippen molar-refractivity contribution in [1.29, 1.82) is 0 Å². The molecule has 2 heterocycles. The molecule has 2 aromatic rings. The summed E-state index contributed by atoms with van der Waals surface area (Å²) in [5.74, 6) is -0.604. The zero-order valence-corrected chi connectivity index (χ0v) is 14.9. The fraction of sp³-hybridized carbons (Fsp3) is 0.333. The van der Waals surface area contributed by atoms with E-state index in [1.54, 1.807) is 38.1 Å². The van der Waals surface area contributed by atoms with Gasteiger partial charge in [0.1, 0.15) is 11.5 Å². The topological polar surface area (TPSA) is 116 Å². The van der Waals surface area contributed by atoms with Gasteiger partial charge in [-0.15, -0.1) is 0 Å². The number of hydrogen-bond acceptors (Lipinski definition) is 7. The second-order valence-electron chi connectivity index (χ2n) is 6.28. The maximum Gasteiger partial charge on any atom is 0.280 e. The van der Waals surface area contributed by atoms with E-state index in [2.05, 4.69) is 10.5 Å². The molecule has 27 heavy (non-hydrogen) atoms. The lowest BCUT2D eigenvalue weighted by Gasteiger charge is -2.20. The molecule has 1 aliphatic rings. The Morgan fingerprint density at radius 3 is 2.78 bits per heavy atom. The molecule has 1 N–H and O–H groups in total. The van der Waals surface area contributed by atoms with E-state index < -0.39 is 10.7 Å². The summed E-state index contributed by atoms with van der Waals surface area (Å²) in [5, 5.41) is 15.1. The van der Waals surface area contributed by atoms with E-state index in [1.807, 2.05) is 0 Å². The number of hydrazone groups is 1. The number of carbonyl (C=O) groups excluding carboxylic acids is 1. The number of nitro benzene ring substituents is 1. The van der Waals surface area contributed by atoms with Crippen molar-refractivity contribution >= 4 is 17.8 Å². The molecule has 0 atom stereocenters. The van der Waals surface area contributed by atoms with Crippen LogP contribution in [0.5, 0.6) is 0 Å². The molecule has 1 aromatic carbocycles. The van der Waals surface area contributed by atoms with Gasteiger partial charge >= 0.3 is 0 Å². The highest BCUT2D eigenvalue weighted by Crippen LogP contribution is 2.31. The van der Waals surface area contributed by atoms with Gasteiger partial charge in [-0.3, -0.25) is 14.9 Å². The van der Waals surface area contributed by atoms with Crippen molar-refractivity contribution in [3.05, 3.63) is 51.8 Å². The number of ether oxygens (including phenoxy) is 2. The monoisotopic (exact) mass is 373 g/mol. The van der Waals surface area contributed by atoms with Crippen LogP contribution in [0.15, 0.2) is 39.9 Å². The van der Waals surface area contributed by atoms with E-state index in [9.17, 15) is 14.9 Å². The molecule has 0 bridgehead atoms. The van der Waals surface area contributed by atoms with Crippen LogP contribution in [0, 0.1) is 17.0 Å². The molecular weight excluding hydrogens is 354 g/mol. The molecule has 1 saturated heterocycles. The summed E-state index contributed by atoms with van der Waals surface area (Å²) in [7, 11) is 0. The van der Waals surface area contributed by atoms with Crippen molar-refractivity contribution in [2.24, 2.45) is 5.10 Å². The SMILES string of the molecule is Cc1ccc(-c2ccc(/C=N/NC(=O)CC3(C)OCCO3)o2)c([N+](=O)[O-])c1. The zero-order chi connectivity index (χ0) is 19.4. The van der Waals surface area contributed by atoms with E-state index in [-0.39, 0.29) is 18.0 Å². The van der Waals surface area contributed by atoms with Crippen molar-refractivity contribution in [2.75, 3.05) is 13.2 Å². The molecule has 1 aliphatic heterocycles. The quantitative estimate of drug-likeness (QED) is 0.473. The predicted molar refractivity (Wildman–Crippen MR) is 96.2 cm³/mol. The molecule has 0 aliphatic carbocycles. The number of aryl methyl sites for hydroxylation is 1. The molecule has 0 radical (unpaired) electrons. The Labute approximate surface area is 155 Å². The Balaban J connectivity index is 1.65. The van der Waals surface area contributed by atoms with Crippen LogP contribution in [-0.4, -0.2) is 36.0 Å². The minimum absolute atomic E-state index is 0.0172. The molecule has 142 valence electrons. The van der Waals surface area contributed by atoms with Gasteiger partial charge in [0.15, 0.2) is 5.79 Å². The first-order valence-corrected chi connectivity index (χ1v) is 8.31. The Kier molecular flexibility index (Phi) is 5.33. The van der Waals surface area contributed by atoms with Crippen LogP contribution in [0.3, 0.4) is 0 Å². The number of carbonyl (C=O) groups is 1. The highest BCUT2D eigenvalue weighted by Gasteiger charge is 2.33. The van der Waals surface area contributed by atoms with Gasteiger partial charge in [-0.05, 0) is 37.6 Å². The van der Waals surface area contributed by atoms with Crippen LogP contribution in [0.4, 0.5) is 5.69 Å². The zero-order valence-electron chi connectivity index (χ0n) is 14.9. The van der Waals surface area contributed by atoms with Crippen molar-refractivity contribution in [3.63, 3.8) is 0 Å². The molecule has 0 spiro atoms. The average Bonchev–Trinajstić information content (AvgIpc) is 3.24. The molecule has 1 aromatic heterocycles. The van der Waals surface area contributed by atoms with E-state index in [0.717, 1.165) is 5.56 Å². The number of nitrogens with zero attached hydrogens (tertiary/aromatic N) is 2. The fourth-order valence-corrected chi connectivity index (χ4v) is 2.73. The van der Waals surface area contributed by atoms with Crippen molar-refractivity contribution in [1.82, 2.24) is 5.43 Å². The highest BCUT2D eigenvalue weighted by atomic mass is 16.7. The summed E-state index contributed by atoms with van der Waals surface area (Å²) in [5.41, 5.74) is 3.49. The molecule has 1 amide bonds. The lowest BCUT2D eigenvalue weighted by atomic mass is 10.1. The van der Waals surface area contributed by atoms with Gasteiger partial charge in [-0.25, -0.2) is 5.43 Å². The van der Waals surface area contributed by atoms with Crippen LogP contribution >= 0.6 is 0 Å². The summed E-state index contributed by atoms with van der Waals surface area (Å²) >= 11 is 0. The van der Waals surface area contributed by atoms with Crippen LogP contribution in [-0.2, 0) is 14.3 Å². The maximum atomic E-state index is 11.9. The molecule has 9 heteroatoms. The minimum Gasteiger partial charge on any atom is -0.455 e. The third-order valence-electron chi connectivity index (χ3n) is 4.00. The second kappa shape index (κ2) is 7.68. The van der Waals surface area contributed by atoms with E-state index in [1.165, 1.54) is 12.3 Å². The lowest BCUT2D eigenvalue weighted by molar-refractivity contribution is -0.384. The Hall–Kier alpha value is -3.04. The van der Waals surface area contributed by atoms with E-state index in [4.69, 9.17) is 13.9 Å². The summed E-state index contributed by atoms with van der Waals surface area (Å²) in [6.07, 6.45) is 1.34. The predicted octanol–water partition coefficient (Wildman–Crippen LogP) is 2.77. The highest BCUT2D eigenvalue weighted by molar-refractivity contribution is 5.82. The van der Waals surface area contributed by atoms with Crippen molar-refractivity contribution in [2.45, 2.75) is 26.1 Å². The first kappa shape index (κ1) is 18.7. The third-order valence-corrected chi connectivity index (χ3v) is 4.00. The molecule has 9 nitrogen and oxygen atoms in total. The van der Waals surface area contributed by atoms with Gasteiger partial charge in [0.05, 0.1) is 36.3 Å².